The molecule has 0 atom stereocenters. The maximum absolute atomic E-state index is 9.46. The first kappa shape index (κ1) is 11.7. The van der Waals surface area contributed by atoms with Crippen LogP contribution in [-0.2, 0) is 13.0 Å². The molecule has 1 aromatic carbocycles. The molecule has 2 heterocycles. The van der Waals surface area contributed by atoms with Crippen LogP contribution in [0.3, 0.4) is 0 Å². The van der Waals surface area contributed by atoms with Crippen molar-refractivity contribution in [2.75, 3.05) is 0 Å². The van der Waals surface area contributed by atoms with Crippen molar-refractivity contribution in [3.8, 4) is 5.75 Å². The zero-order chi connectivity index (χ0) is 13.2. The van der Waals surface area contributed by atoms with Gasteiger partial charge in [-0.05, 0) is 35.4 Å². The van der Waals surface area contributed by atoms with Gasteiger partial charge in [-0.1, -0.05) is 12.1 Å². The van der Waals surface area contributed by atoms with Crippen LogP contribution in [0, 0.1) is 0 Å². The Kier molecular flexibility index (Phi) is 2.93. The number of pyridine rings is 1. The van der Waals surface area contributed by atoms with E-state index in [9.17, 15) is 5.11 Å². The third-order valence-electron chi connectivity index (χ3n) is 3.11. The van der Waals surface area contributed by atoms with Crippen molar-refractivity contribution in [1.29, 1.82) is 0 Å². The molecule has 0 saturated heterocycles. The Morgan fingerprint density at radius 1 is 1.16 bits per heavy atom. The standard InChI is InChI=1S/C15H15N3O/c16-9-12-4-5-18-10-13(17-15(18)8-12)6-11-2-1-3-14(19)7-11/h1-5,7-8,10,19H,6,9,16H2. The average Bonchev–Trinajstić information content (AvgIpc) is 2.79. The Labute approximate surface area is 111 Å². The predicted octanol–water partition coefficient (Wildman–Crippen LogP) is 2.09. The number of phenolic OH excluding ortho intramolecular Hbond substituents is 1. The van der Waals surface area contributed by atoms with E-state index in [1.807, 2.05) is 41.1 Å². The summed E-state index contributed by atoms with van der Waals surface area (Å²) in [5.41, 5.74) is 9.61. The van der Waals surface area contributed by atoms with Crippen molar-refractivity contribution >= 4 is 5.65 Å². The SMILES string of the molecule is NCc1ccn2cc(Cc3cccc(O)c3)nc2c1. The van der Waals surface area contributed by atoms with Gasteiger partial charge in [0.15, 0.2) is 0 Å². The number of nitrogens with two attached hydrogens (primary N) is 1. The predicted molar refractivity (Wildman–Crippen MR) is 74.0 cm³/mol. The summed E-state index contributed by atoms with van der Waals surface area (Å²) in [6.07, 6.45) is 4.67. The van der Waals surface area contributed by atoms with E-state index >= 15 is 0 Å². The molecule has 3 aromatic rings. The number of aromatic nitrogens is 2. The lowest BCUT2D eigenvalue weighted by atomic mass is 10.1. The van der Waals surface area contributed by atoms with Crippen molar-refractivity contribution < 1.29 is 5.11 Å². The molecule has 4 heteroatoms. The van der Waals surface area contributed by atoms with E-state index < -0.39 is 0 Å². The number of hydrogen-bond acceptors (Lipinski definition) is 3. The zero-order valence-electron chi connectivity index (χ0n) is 10.5. The van der Waals surface area contributed by atoms with Gasteiger partial charge in [-0.3, -0.25) is 0 Å². The van der Waals surface area contributed by atoms with Crippen LogP contribution in [0.25, 0.3) is 5.65 Å². The van der Waals surface area contributed by atoms with Gasteiger partial charge in [-0.2, -0.15) is 0 Å². The summed E-state index contributed by atoms with van der Waals surface area (Å²) in [4.78, 5) is 4.57. The van der Waals surface area contributed by atoms with Gasteiger partial charge in [-0.25, -0.2) is 4.98 Å². The van der Waals surface area contributed by atoms with Crippen LogP contribution in [-0.4, -0.2) is 14.5 Å². The average molecular weight is 253 g/mol. The maximum Gasteiger partial charge on any atom is 0.137 e. The topological polar surface area (TPSA) is 63.5 Å². The number of phenols is 1. The van der Waals surface area contributed by atoms with Gasteiger partial charge in [0.25, 0.3) is 0 Å². The first-order chi connectivity index (χ1) is 9.24. The summed E-state index contributed by atoms with van der Waals surface area (Å²) < 4.78 is 1.98. The van der Waals surface area contributed by atoms with E-state index in [2.05, 4.69) is 4.98 Å². The van der Waals surface area contributed by atoms with Gasteiger partial charge in [0.2, 0.25) is 0 Å². The van der Waals surface area contributed by atoms with Crippen molar-refractivity contribution in [3.05, 3.63) is 65.6 Å². The van der Waals surface area contributed by atoms with Gasteiger partial charge < -0.3 is 15.2 Å². The fraction of sp³-hybridized carbons (Fsp3) is 0.133. The van der Waals surface area contributed by atoms with Crippen LogP contribution in [0.4, 0.5) is 0 Å². The van der Waals surface area contributed by atoms with E-state index in [1.165, 1.54) is 0 Å². The number of imidazole rings is 1. The minimum atomic E-state index is 0.284. The number of fused-ring (bicyclic) bond motifs is 1. The highest BCUT2D eigenvalue weighted by Gasteiger charge is 2.04. The number of benzene rings is 1. The van der Waals surface area contributed by atoms with Crippen LogP contribution in [0.15, 0.2) is 48.8 Å². The number of hydrogen-bond donors (Lipinski definition) is 2. The summed E-state index contributed by atoms with van der Waals surface area (Å²) in [6.45, 7) is 0.519. The lowest BCUT2D eigenvalue weighted by Gasteiger charge is -1.98. The Hall–Kier alpha value is -2.33. The largest absolute Gasteiger partial charge is 0.508 e. The van der Waals surface area contributed by atoms with E-state index in [1.54, 1.807) is 12.1 Å². The third-order valence-corrected chi connectivity index (χ3v) is 3.11. The van der Waals surface area contributed by atoms with Crippen molar-refractivity contribution in [2.45, 2.75) is 13.0 Å². The molecule has 0 saturated carbocycles. The van der Waals surface area contributed by atoms with Crippen LogP contribution < -0.4 is 5.73 Å². The van der Waals surface area contributed by atoms with E-state index in [0.717, 1.165) is 22.5 Å². The quantitative estimate of drug-likeness (QED) is 0.751. The summed E-state index contributed by atoms with van der Waals surface area (Å²) in [7, 11) is 0. The molecule has 19 heavy (non-hydrogen) atoms. The molecule has 3 N–H and O–H groups in total. The Morgan fingerprint density at radius 3 is 2.84 bits per heavy atom. The second-order valence-electron chi connectivity index (χ2n) is 4.58. The number of aromatic hydroxyl groups is 1. The van der Waals surface area contributed by atoms with Gasteiger partial charge in [0.1, 0.15) is 11.4 Å². The molecule has 0 fully saturated rings. The maximum atomic E-state index is 9.46. The van der Waals surface area contributed by atoms with Crippen LogP contribution in [0.5, 0.6) is 5.75 Å². The fourth-order valence-electron chi connectivity index (χ4n) is 2.16. The lowest BCUT2D eigenvalue weighted by Crippen LogP contribution is -1.96. The molecule has 3 rings (SSSR count). The van der Waals surface area contributed by atoms with Crippen molar-refractivity contribution in [3.63, 3.8) is 0 Å². The molecule has 0 aliphatic heterocycles. The molecule has 4 nitrogen and oxygen atoms in total. The number of rotatable bonds is 3. The van der Waals surface area contributed by atoms with Gasteiger partial charge >= 0.3 is 0 Å². The van der Waals surface area contributed by atoms with E-state index in [0.29, 0.717) is 13.0 Å². The smallest absolute Gasteiger partial charge is 0.137 e. The summed E-state index contributed by atoms with van der Waals surface area (Å²) >= 11 is 0. The molecule has 96 valence electrons. The van der Waals surface area contributed by atoms with E-state index in [-0.39, 0.29) is 5.75 Å². The molecule has 0 aliphatic carbocycles. The highest BCUT2D eigenvalue weighted by Crippen LogP contribution is 2.15. The molecule has 0 bridgehead atoms. The van der Waals surface area contributed by atoms with Crippen molar-refractivity contribution in [2.24, 2.45) is 5.73 Å². The van der Waals surface area contributed by atoms with Crippen molar-refractivity contribution in [1.82, 2.24) is 9.38 Å². The van der Waals surface area contributed by atoms with Crippen LogP contribution >= 0.6 is 0 Å². The minimum absolute atomic E-state index is 0.284. The summed E-state index contributed by atoms with van der Waals surface area (Å²) in [5, 5.41) is 9.46. The lowest BCUT2D eigenvalue weighted by molar-refractivity contribution is 0.474. The summed E-state index contributed by atoms with van der Waals surface area (Å²) in [6, 6.07) is 11.2. The third kappa shape index (κ3) is 2.44. The zero-order valence-corrected chi connectivity index (χ0v) is 10.5. The highest BCUT2D eigenvalue weighted by atomic mass is 16.3. The summed E-state index contributed by atoms with van der Waals surface area (Å²) in [5.74, 6) is 0.284. The molecule has 0 spiro atoms. The molecule has 2 aromatic heterocycles. The van der Waals surface area contributed by atoms with Crippen LogP contribution in [0.2, 0.25) is 0 Å². The van der Waals surface area contributed by atoms with Crippen LogP contribution in [0.1, 0.15) is 16.8 Å². The Balaban J connectivity index is 1.93. The molecule has 0 radical (unpaired) electrons. The second-order valence-corrected chi connectivity index (χ2v) is 4.58. The first-order valence-corrected chi connectivity index (χ1v) is 6.19. The molecule has 0 aliphatic rings. The molecule has 0 amide bonds. The normalized spacial score (nSPS) is 11.0. The Morgan fingerprint density at radius 2 is 2.05 bits per heavy atom. The number of nitrogens with zero attached hydrogens (tertiary/aromatic N) is 2. The second kappa shape index (κ2) is 4.74. The first-order valence-electron chi connectivity index (χ1n) is 6.19. The molecular weight excluding hydrogens is 238 g/mol. The monoisotopic (exact) mass is 253 g/mol. The minimum Gasteiger partial charge on any atom is -0.508 e. The van der Waals surface area contributed by atoms with Gasteiger partial charge in [-0.15, -0.1) is 0 Å². The Bertz CT molecular complexity index is 718. The van der Waals surface area contributed by atoms with E-state index in [4.69, 9.17) is 5.73 Å². The fourth-order valence-corrected chi connectivity index (χ4v) is 2.16. The highest BCUT2D eigenvalue weighted by molar-refractivity contribution is 5.44. The molecule has 0 unspecified atom stereocenters. The van der Waals surface area contributed by atoms with Gasteiger partial charge in [0, 0.05) is 25.4 Å². The van der Waals surface area contributed by atoms with Gasteiger partial charge in [0.05, 0.1) is 5.69 Å². The molecular formula is C15H15N3O.